The molecule has 172 valence electrons. The normalized spacial score (nSPS) is 24.7. The summed E-state index contributed by atoms with van der Waals surface area (Å²) in [5.74, 6) is -0.353. The van der Waals surface area contributed by atoms with Crippen LogP contribution in [-0.2, 0) is 16.1 Å². The number of carbonyl (C=O) groups is 2. The topological polar surface area (TPSA) is 94.8 Å². The van der Waals surface area contributed by atoms with E-state index in [-0.39, 0.29) is 11.9 Å². The second-order valence-corrected chi connectivity index (χ2v) is 10.1. The number of hydrogen-bond donors (Lipinski definition) is 1. The number of thiophene rings is 1. The van der Waals surface area contributed by atoms with E-state index in [4.69, 9.17) is 26.8 Å². The molecule has 2 aliphatic rings. The lowest BCUT2D eigenvalue weighted by atomic mass is 9.85. The van der Waals surface area contributed by atoms with E-state index in [2.05, 4.69) is 9.88 Å². The van der Waals surface area contributed by atoms with E-state index in [0.717, 1.165) is 17.4 Å². The molecule has 2 aromatic heterocycles. The predicted molar refractivity (Wildman–Crippen MR) is 127 cm³/mol. The van der Waals surface area contributed by atoms with Gasteiger partial charge < -0.3 is 15.2 Å². The number of carbonyl (C=O) groups excluding carboxylic acids is 2. The van der Waals surface area contributed by atoms with Gasteiger partial charge in [-0.05, 0) is 42.7 Å². The number of pyridine rings is 1. The van der Waals surface area contributed by atoms with E-state index in [1.165, 1.54) is 18.4 Å². The Balaban J connectivity index is 1.37. The second-order valence-electron chi connectivity index (χ2n) is 8.63. The number of rotatable bonds is 6. The molecule has 33 heavy (non-hydrogen) atoms. The summed E-state index contributed by atoms with van der Waals surface area (Å²) >= 11 is 7.27. The van der Waals surface area contributed by atoms with Gasteiger partial charge in [-0.2, -0.15) is 0 Å². The third-order valence-electron chi connectivity index (χ3n) is 6.79. The van der Waals surface area contributed by atoms with Crippen LogP contribution in [0.4, 0.5) is 0 Å². The van der Waals surface area contributed by atoms with Crippen LogP contribution in [-0.4, -0.2) is 46.6 Å². The fourth-order valence-corrected chi connectivity index (χ4v) is 6.38. The van der Waals surface area contributed by atoms with E-state index in [9.17, 15) is 9.59 Å². The van der Waals surface area contributed by atoms with Gasteiger partial charge in [-0.15, -0.1) is 11.3 Å². The first-order chi connectivity index (χ1) is 15.9. The molecule has 1 amide bonds. The van der Waals surface area contributed by atoms with Crippen LogP contribution in [0.1, 0.15) is 40.9 Å². The molecular weight excluding hydrogens is 462 g/mol. The zero-order chi connectivity index (χ0) is 23.2. The van der Waals surface area contributed by atoms with E-state index in [0.29, 0.717) is 46.3 Å². The molecule has 0 saturated carbocycles. The fraction of sp³-hybridized carbons (Fsp3) is 0.375. The van der Waals surface area contributed by atoms with Crippen molar-refractivity contribution in [2.75, 3.05) is 7.11 Å². The quantitative estimate of drug-likeness (QED) is 0.526. The number of methoxy groups -OCH3 is 1. The highest BCUT2D eigenvalue weighted by Gasteiger charge is 2.56. The highest BCUT2D eigenvalue weighted by Crippen LogP contribution is 2.46. The summed E-state index contributed by atoms with van der Waals surface area (Å²) < 4.78 is 11.4. The Bertz CT molecular complexity index is 1210. The lowest BCUT2D eigenvalue weighted by Gasteiger charge is -2.45. The molecule has 2 fully saturated rings. The highest BCUT2D eigenvalue weighted by atomic mass is 35.5. The van der Waals surface area contributed by atoms with Gasteiger partial charge in [0.1, 0.15) is 16.5 Å². The first-order valence-electron chi connectivity index (χ1n) is 10.8. The number of ether oxygens (including phenoxy) is 2. The average Bonchev–Trinajstić information content (AvgIpc) is 3.28. The van der Waals surface area contributed by atoms with E-state index >= 15 is 0 Å². The number of halogens is 1. The molecular formula is C24H24ClN3O4S. The van der Waals surface area contributed by atoms with Crippen LogP contribution in [0.2, 0.25) is 5.02 Å². The van der Waals surface area contributed by atoms with Crippen LogP contribution in [0.5, 0.6) is 5.75 Å². The minimum atomic E-state index is -0.834. The minimum absolute atomic E-state index is 0.102. The lowest BCUT2D eigenvalue weighted by Crippen LogP contribution is -2.60. The largest absolute Gasteiger partial charge is 0.494 e. The van der Waals surface area contributed by atoms with Crippen molar-refractivity contribution in [3.63, 3.8) is 0 Å². The number of fused-ring (bicyclic) bond motifs is 3. The van der Waals surface area contributed by atoms with Crippen LogP contribution in [0.3, 0.4) is 0 Å². The van der Waals surface area contributed by atoms with Crippen LogP contribution in [0, 0.1) is 0 Å². The maximum atomic E-state index is 13.1. The van der Waals surface area contributed by atoms with Gasteiger partial charge in [-0.1, -0.05) is 23.7 Å². The molecule has 0 radical (unpaired) electrons. The molecule has 0 aliphatic carbocycles. The van der Waals surface area contributed by atoms with Crippen LogP contribution >= 0.6 is 22.9 Å². The summed E-state index contributed by atoms with van der Waals surface area (Å²) in [5.41, 5.74) is 6.17. The van der Waals surface area contributed by atoms with Crippen molar-refractivity contribution in [3.8, 4) is 5.75 Å². The molecule has 3 atom stereocenters. The number of piperidine rings is 1. The Morgan fingerprint density at radius 2 is 2.09 bits per heavy atom. The summed E-state index contributed by atoms with van der Waals surface area (Å²) in [6.07, 6.45) is 3.80. The Morgan fingerprint density at radius 3 is 2.82 bits per heavy atom. The first kappa shape index (κ1) is 22.1. The number of nitrogens with two attached hydrogens (primary N) is 1. The molecule has 2 aliphatic heterocycles. The van der Waals surface area contributed by atoms with E-state index in [1.807, 2.05) is 30.3 Å². The van der Waals surface area contributed by atoms with Crippen LogP contribution < -0.4 is 10.5 Å². The lowest BCUT2D eigenvalue weighted by molar-refractivity contribution is -0.136. The molecule has 4 heterocycles. The van der Waals surface area contributed by atoms with Gasteiger partial charge in [0.25, 0.3) is 0 Å². The fourth-order valence-electron chi connectivity index (χ4n) is 5.26. The molecule has 9 heteroatoms. The van der Waals surface area contributed by atoms with Crippen LogP contribution in [0.25, 0.3) is 10.2 Å². The Hall–Kier alpha value is -2.68. The summed E-state index contributed by atoms with van der Waals surface area (Å²) in [7, 11) is 1.53. The predicted octanol–water partition coefficient (Wildman–Crippen LogP) is 4.17. The molecule has 2 saturated heterocycles. The highest BCUT2D eigenvalue weighted by molar-refractivity contribution is 7.20. The molecule has 3 aromatic rings. The number of nitrogens with zero attached hydrogens (tertiary/aromatic N) is 2. The number of benzene rings is 1. The number of esters is 1. The van der Waals surface area contributed by atoms with Crippen molar-refractivity contribution in [2.24, 2.45) is 5.73 Å². The molecule has 0 spiro atoms. The van der Waals surface area contributed by atoms with Crippen molar-refractivity contribution in [1.29, 1.82) is 0 Å². The molecule has 3 unspecified atom stereocenters. The zero-order valence-electron chi connectivity index (χ0n) is 18.1. The zero-order valence-corrected chi connectivity index (χ0v) is 19.7. The summed E-state index contributed by atoms with van der Waals surface area (Å²) in [5, 5.41) is 1.45. The van der Waals surface area contributed by atoms with Gasteiger partial charge in [0.05, 0.1) is 12.5 Å². The van der Waals surface area contributed by atoms with E-state index < -0.39 is 17.6 Å². The standard InChI is InChI=1S/C24H24ClN3O4S/c1-31-19-18-3-2-10-27-21(18)33-20(19)22(29)32-17-11-16-8-9-24(12-17,23(26)30)28(16)13-14-4-6-15(25)7-5-14/h2-7,10,16-17H,8-9,11-13H2,1H3,(H2,26,30). The molecule has 7 nitrogen and oxygen atoms in total. The number of amides is 1. The van der Waals surface area contributed by atoms with Gasteiger partial charge in [0.2, 0.25) is 5.91 Å². The minimum Gasteiger partial charge on any atom is -0.494 e. The van der Waals surface area contributed by atoms with Crippen LogP contribution in [0.15, 0.2) is 42.6 Å². The summed E-state index contributed by atoms with van der Waals surface area (Å²) in [4.78, 5) is 33.4. The maximum Gasteiger partial charge on any atom is 0.352 e. The molecule has 1 aromatic carbocycles. The van der Waals surface area contributed by atoms with Gasteiger partial charge >= 0.3 is 5.97 Å². The van der Waals surface area contributed by atoms with Gasteiger partial charge in [-0.25, -0.2) is 9.78 Å². The summed E-state index contributed by atoms with van der Waals surface area (Å²) in [6, 6.07) is 11.4. The monoisotopic (exact) mass is 485 g/mol. The average molecular weight is 486 g/mol. The Labute approximate surface area is 200 Å². The van der Waals surface area contributed by atoms with Crippen molar-refractivity contribution in [3.05, 3.63) is 58.1 Å². The number of aromatic nitrogens is 1. The molecule has 2 bridgehead atoms. The van der Waals surface area contributed by atoms with Gasteiger partial charge in [-0.3, -0.25) is 9.69 Å². The van der Waals surface area contributed by atoms with Crippen molar-refractivity contribution >= 4 is 45.0 Å². The third kappa shape index (κ3) is 3.86. The van der Waals surface area contributed by atoms with Crippen molar-refractivity contribution in [1.82, 2.24) is 9.88 Å². The third-order valence-corrected chi connectivity index (χ3v) is 8.12. The number of hydrogen-bond acceptors (Lipinski definition) is 7. The smallest absolute Gasteiger partial charge is 0.352 e. The maximum absolute atomic E-state index is 13.1. The molecule has 2 N–H and O–H groups in total. The Kier molecular flexibility index (Phi) is 5.76. The van der Waals surface area contributed by atoms with Crippen molar-refractivity contribution in [2.45, 2.75) is 49.9 Å². The van der Waals surface area contributed by atoms with Gasteiger partial charge in [0, 0.05) is 36.6 Å². The van der Waals surface area contributed by atoms with E-state index in [1.54, 1.807) is 12.3 Å². The summed E-state index contributed by atoms with van der Waals surface area (Å²) in [6.45, 7) is 0.598. The second kappa shape index (κ2) is 8.59. The SMILES string of the molecule is COc1c(C(=O)OC2CC3CCC(C(N)=O)(C2)N3Cc2ccc(Cl)cc2)sc2ncccc12. The molecule has 5 rings (SSSR count). The first-order valence-corrected chi connectivity index (χ1v) is 12.0. The number of primary amides is 1. The Morgan fingerprint density at radius 1 is 1.30 bits per heavy atom. The van der Waals surface area contributed by atoms with Crippen molar-refractivity contribution < 1.29 is 19.1 Å². The van der Waals surface area contributed by atoms with Gasteiger partial charge in [0.15, 0.2) is 10.6 Å².